The summed E-state index contributed by atoms with van der Waals surface area (Å²) < 4.78 is 65.8. The van der Waals surface area contributed by atoms with Gasteiger partial charge in [0.15, 0.2) is 36.8 Å². The number of carbonyl (C=O) groups excluding carboxylic acids is 7. The van der Waals surface area contributed by atoms with Crippen molar-refractivity contribution in [3.63, 3.8) is 0 Å². The standard InChI is InChI=1S/C63H50Cl3NO18/c64-63(65,66)62(67)85-61-52(84-59(74)44-34-20-7-21-35-44)50(82-57(72)42-30-16-5-17-31-42)48(80-55(70)40-26-12-3-13-27-40)46(78-61)37-76-60-51(83-58(73)43-32-18-6-19-33-43)49(81-56(71)41-28-14-4-15-29-41)47(79-54(69)39-24-10-2-11-25-39)45(77-60)36-75-53(68)38-22-8-1-9-23-38/h1-35,45-52,60-61,67H,36-37H2/t45-,46-,47+,48-,49+,50+,51-,52-,60+,61-/m1/s1. The fraction of sp³-hybridized carbons (Fsp3) is 0.206. The van der Waals surface area contributed by atoms with Crippen molar-refractivity contribution in [3.05, 3.63) is 251 Å². The minimum Gasteiger partial charge on any atom is -0.459 e. The van der Waals surface area contributed by atoms with Crippen LogP contribution in [0, 0.1) is 5.41 Å². The van der Waals surface area contributed by atoms with Gasteiger partial charge in [0.1, 0.15) is 18.8 Å². The quantitative estimate of drug-likeness (QED) is 0.0260. The molecular weight excluding hydrogens is 1170 g/mol. The van der Waals surface area contributed by atoms with Crippen LogP contribution in [0.3, 0.4) is 0 Å². The Kier molecular flexibility index (Phi) is 20.4. The van der Waals surface area contributed by atoms with Gasteiger partial charge in [0.2, 0.25) is 18.3 Å². The van der Waals surface area contributed by atoms with E-state index in [0.717, 1.165) is 0 Å². The summed E-state index contributed by atoms with van der Waals surface area (Å²) >= 11 is 18.5. The zero-order valence-electron chi connectivity index (χ0n) is 44.4. The van der Waals surface area contributed by atoms with Crippen LogP contribution in [-0.2, 0) is 52.1 Å². The zero-order valence-corrected chi connectivity index (χ0v) is 46.6. The first-order valence-electron chi connectivity index (χ1n) is 26.1. The highest BCUT2D eigenvalue weighted by molar-refractivity contribution is 6.76. The van der Waals surface area contributed by atoms with Crippen LogP contribution in [0.2, 0.25) is 0 Å². The van der Waals surface area contributed by atoms with Crippen LogP contribution in [0.5, 0.6) is 0 Å². The van der Waals surface area contributed by atoms with Crippen molar-refractivity contribution in [1.82, 2.24) is 0 Å². The van der Waals surface area contributed by atoms with E-state index in [-0.39, 0.29) is 38.9 Å². The molecule has 2 heterocycles. The number of hydrogen-bond acceptors (Lipinski definition) is 19. The summed E-state index contributed by atoms with van der Waals surface area (Å²) in [4.78, 5) is 99.5. The summed E-state index contributed by atoms with van der Waals surface area (Å²) in [5.74, 6) is -8.04. The number of halogens is 3. The Balaban J connectivity index is 1.17. The highest BCUT2D eigenvalue weighted by atomic mass is 35.6. The van der Waals surface area contributed by atoms with Gasteiger partial charge in [0.05, 0.1) is 45.6 Å². The molecule has 22 heteroatoms. The molecule has 85 heavy (non-hydrogen) atoms. The van der Waals surface area contributed by atoms with Crippen LogP contribution in [0.25, 0.3) is 0 Å². The van der Waals surface area contributed by atoms with Crippen molar-refractivity contribution in [2.45, 2.75) is 65.2 Å². The fourth-order valence-corrected chi connectivity index (χ4v) is 8.97. The zero-order chi connectivity index (χ0) is 59.9. The molecule has 0 spiro atoms. The molecule has 19 nitrogen and oxygen atoms in total. The largest absolute Gasteiger partial charge is 0.459 e. The molecule has 0 aliphatic carbocycles. The van der Waals surface area contributed by atoms with Gasteiger partial charge in [-0.1, -0.05) is 162 Å². The average Bonchev–Trinajstić information content (AvgIpc) is 3.64. The number of alkyl halides is 3. The molecule has 0 bridgehead atoms. The molecular formula is C63H50Cl3NO18. The maximum absolute atomic E-state index is 14.4. The number of esters is 7. The molecule has 7 aromatic rings. The third-order valence-corrected chi connectivity index (χ3v) is 13.5. The predicted molar refractivity (Wildman–Crippen MR) is 303 cm³/mol. The monoisotopic (exact) mass is 1210 g/mol. The van der Waals surface area contributed by atoms with Crippen LogP contribution in [0.4, 0.5) is 0 Å². The highest BCUT2D eigenvalue weighted by Gasteiger charge is 2.57. The van der Waals surface area contributed by atoms with Gasteiger partial charge >= 0.3 is 41.8 Å². The molecule has 2 fully saturated rings. The minimum atomic E-state index is -2.59. The molecule has 0 radical (unpaired) electrons. The van der Waals surface area contributed by atoms with E-state index in [0.29, 0.717) is 0 Å². The topological polar surface area (TPSA) is 245 Å². The number of hydrogen-bond donors (Lipinski definition) is 1. The Morgan fingerprint density at radius 2 is 0.576 bits per heavy atom. The van der Waals surface area contributed by atoms with E-state index in [4.69, 9.17) is 92.3 Å². The first-order valence-corrected chi connectivity index (χ1v) is 27.3. The second-order valence-electron chi connectivity index (χ2n) is 18.7. The Morgan fingerprint density at radius 1 is 0.329 bits per heavy atom. The molecule has 0 aromatic heterocycles. The lowest BCUT2D eigenvalue weighted by molar-refractivity contribution is -0.321. The summed E-state index contributed by atoms with van der Waals surface area (Å²) in [7, 11) is 0. The predicted octanol–water partition coefficient (Wildman–Crippen LogP) is 10.0. The lowest BCUT2D eigenvalue weighted by Gasteiger charge is -2.46. The lowest BCUT2D eigenvalue weighted by Crippen LogP contribution is -2.65. The lowest BCUT2D eigenvalue weighted by atomic mass is 9.96. The number of benzene rings is 7. The van der Waals surface area contributed by atoms with E-state index in [1.165, 1.54) is 84.9 Å². The van der Waals surface area contributed by atoms with Crippen LogP contribution in [-0.4, -0.2) is 126 Å². The van der Waals surface area contributed by atoms with E-state index in [1.807, 2.05) is 0 Å². The van der Waals surface area contributed by atoms with Gasteiger partial charge in [0.25, 0.3) is 3.79 Å². The summed E-state index contributed by atoms with van der Waals surface area (Å²) in [6.07, 6.45) is -19.0. The molecule has 1 N–H and O–H groups in total. The van der Waals surface area contributed by atoms with Crippen molar-refractivity contribution in [2.75, 3.05) is 13.2 Å². The van der Waals surface area contributed by atoms with Gasteiger partial charge in [-0.2, -0.15) is 0 Å². The fourth-order valence-electron chi connectivity index (χ4n) is 8.84. The van der Waals surface area contributed by atoms with Crippen LogP contribution >= 0.6 is 34.8 Å². The highest BCUT2D eigenvalue weighted by Crippen LogP contribution is 2.37. The van der Waals surface area contributed by atoms with E-state index in [2.05, 4.69) is 0 Å². The molecule has 0 saturated carbocycles. The molecule has 2 saturated heterocycles. The van der Waals surface area contributed by atoms with E-state index >= 15 is 0 Å². The third kappa shape index (κ3) is 15.8. The first-order chi connectivity index (χ1) is 41.1. The molecule has 9 rings (SSSR count). The van der Waals surface area contributed by atoms with Gasteiger partial charge in [-0.05, 0) is 84.9 Å². The van der Waals surface area contributed by atoms with Gasteiger partial charge < -0.3 is 52.1 Å². The van der Waals surface area contributed by atoms with Crippen molar-refractivity contribution in [2.24, 2.45) is 0 Å². The normalized spacial score (nSPS) is 21.8. The average molecular weight is 1220 g/mol. The molecule has 10 atom stereocenters. The number of ether oxygens (including phenoxy) is 11. The molecule has 2 aliphatic heterocycles. The van der Waals surface area contributed by atoms with E-state index in [9.17, 15) is 33.6 Å². The smallest absolute Gasteiger partial charge is 0.338 e. The van der Waals surface area contributed by atoms with E-state index < -0.39 is 126 Å². The van der Waals surface area contributed by atoms with Crippen molar-refractivity contribution < 1.29 is 85.7 Å². The molecule has 2 aliphatic rings. The van der Waals surface area contributed by atoms with Gasteiger partial charge in [0, 0.05) is 0 Å². The summed E-state index contributed by atoms with van der Waals surface area (Å²) in [6, 6.07) is 53.5. The summed E-state index contributed by atoms with van der Waals surface area (Å²) in [6.45, 7) is -1.64. The maximum Gasteiger partial charge on any atom is 0.338 e. The van der Waals surface area contributed by atoms with Crippen molar-refractivity contribution in [3.8, 4) is 0 Å². The first kappa shape index (κ1) is 60.6. The Bertz CT molecular complexity index is 3420. The molecule has 0 unspecified atom stereocenters. The van der Waals surface area contributed by atoms with Crippen LogP contribution in [0.15, 0.2) is 212 Å². The number of nitrogens with one attached hydrogen (secondary N) is 1. The number of rotatable bonds is 19. The van der Waals surface area contributed by atoms with E-state index in [1.54, 1.807) is 127 Å². The molecule has 0 amide bonds. The Morgan fingerprint density at radius 3 is 0.882 bits per heavy atom. The van der Waals surface area contributed by atoms with Crippen molar-refractivity contribution in [1.29, 1.82) is 5.41 Å². The second kappa shape index (κ2) is 28.6. The third-order valence-electron chi connectivity index (χ3n) is 13.0. The van der Waals surface area contributed by atoms with Crippen molar-refractivity contribution >= 4 is 82.5 Å². The Labute approximate surface area is 500 Å². The molecule has 436 valence electrons. The van der Waals surface area contributed by atoms with Crippen LogP contribution in [0.1, 0.15) is 72.5 Å². The van der Waals surface area contributed by atoms with Gasteiger partial charge in [-0.15, -0.1) is 0 Å². The van der Waals surface area contributed by atoms with Gasteiger partial charge in [-0.3, -0.25) is 5.41 Å². The van der Waals surface area contributed by atoms with Crippen LogP contribution < -0.4 is 0 Å². The minimum absolute atomic E-state index is 0.00328. The maximum atomic E-state index is 14.4. The molecule has 7 aromatic carbocycles. The van der Waals surface area contributed by atoms with Gasteiger partial charge in [-0.25, -0.2) is 33.6 Å². The SMILES string of the molecule is N=C(O[C@H]1O[C@H](CO[C@H]2O[C@H](COC(=O)c3ccccc3)[C@H](OC(=O)c3ccccc3)[C@H](OC(=O)c3ccccc3)[C@H]2OC(=O)c2ccccc2)[C@@H](OC(=O)c2ccccc2)[C@H](OC(=O)c2ccccc2)[C@H]1OC(=O)c1ccccc1)C(Cl)(Cl)Cl. The summed E-state index contributed by atoms with van der Waals surface area (Å²) in [5, 5.41) is 8.69. The summed E-state index contributed by atoms with van der Waals surface area (Å²) in [5.41, 5.74) is 0.0944. The second-order valence-corrected chi connectivity index (χ2v) is 21.0. The Hall–Kier alpha value is -8.95. The number of carbonyl (C=O) groups is 7.